The predicted molar refractivity (Wildman–Crippen MR) is 120 cm³/mol. The summed E-state index contributed by atoms with van der Waals surface area (Å²) in [7, 11) is 1.86. The van der Waals surface area contributed by atoms with Gasteiger partial charge in [0, 0.05) is 49.2 Å². The van der Waals surface area contributed by atoms with Gasteiger partial charge in [-0.15, -0.1) is 35.3 Å². The first-order valence-electron chi connectivity index (χ1n) is 9.74. The van der Waals surface area contributed by atoms with Crippen molar-refractivity contribution in [3.8, 4) is 0 Å². The number of nitrogens with one attached hydrogen (secondary N) is 2. The molecular formula is C19H33IN4OS. The standard InChI is InChI=1S/C19H32N4OS.HI/c1-4-14-13-22-17(25-14)8-11-21-18(20-3)23-15-12-16(24-5-2)19(15)9-6-7-10-19;/h13,15-16H,4-12H2,1-3H3,(H2,20,21,23);1H. The second-order valence-electron chi connectivity index (χ2n) is 7.14. The van der Waals surface area contributed by atoms with Crippen molar-refractivity contribution in [2.45, 2.75) is 70.9 Å². The zero-order chi connectivity index (χ0) is 17.7. The zero-order valence-electron chi connectivity index (χ0n) is 16.2. The van der Waals surface area contributed by atoms with Crippen LogP contribution in [-0.4, -0.2) is 43.3 Å². The third-order valence-corrected chi connectivity index (χ3v) is 7.00. The van der Waals surface area contributed by atoms with Crippen LogP contribution in [-0.2, 0) is 17.6 Å². The van der Waals surface area contributed by atoms with Crippen LogP contribution in [0.25, 0.3) is 0 Å². The number of halogens is 1. The molecule has 2 aliphatic rings. The van der Waals surface area contributed by atoms with Gasteiger partial charge in [-0.05, 0) is 32.6 Å². The Bertz CT molecular complexity index is 586. The summed E-state index contributed by atoms with van der Waals surface area (Å²) in [6, 6.07) is 0.490. The van der Waals surface area contributed by atoms with E-state index in [1.54, 1.807) is 0 Å². The van der Waals surface area contributed by atoms with E-state index >= 15 is 0 Å². The lowest BCUT2D eigenvalue weighted by molar-refractivity contribution is -0.125. The van der Waals surface area contributed by atoms with Crippen molar-refractivity contribution in [2.75, 3.05) is 20.2 Å². The van der Waals surface area contributed by atoms with Gasteiger partial charge in [0.05, 0.1) is 11.1 Å². The number of ether oxygens (including phenoxy) is 1. The normalized spacial score (nSPS) is 24.2. The van der Waals surface area contributed by atoms with Gasteiger partial charge in [-0.2, -0.15) is 0 Å². The van der Waals surface area contributed by atoms with Crippen LogP contribution in [0, 0.1) is 5.41 Å². The molecule has 148 valence electrons. The van der Waals surface area contributed by atoms with Crippen molar-refractivity contribution < 1.29 is 4.74 Å². The Labute approximate surface area is 178 Å². The highest BCUT2D eigenvalue weighted by atomic mass is 127. The fraction of sp³-hybridized carbons (Fsp3) is 0.789. The van der Waals surface area contributed by atoms with E-state index in [1.165, 1.54) is 35.6 Å². The van der Waals surface area contributed by atoms with Crippen LogP contribution >= 0.6 is 35.3 Å². The van der Waals surface area contributed by atoms with E-state index < -0.39 is 0 Å². The lowest BCUT2D eigenvalue weighted by atomic mass is 9.60. The van der Waals surface area contributed by atoms with Crippen molar-refractivity contribution in [2.24, 2.45) is 10.4 Å². The van der Waals surface area contributed by atoms with Crippen LogP contribution in [0.1, 0.15) is 55.8 Å². The van der Waals surface area contributed by atoms with E-state index in [0.717, 1.165) is 38.4 Å². The van der Waals surface area contributed by atoms with Gasteiger partial charge in [0.2, 0.25) is 0 Å². The summed E-state index contributed by atoms with van der Waals surface area (Å²) < 4.78 is 6.01. The molecule has 2 saturated carbocycles. The first-order chi connectivity index (χ1) is 12.2. The average Bonchev–Trinajstić information content (AvgIpc) is 3.30. The van der Waals surface area contributed by atoms with Crippen LogP contribution in [0.15, 0.2) is 11.2 Å². The van der Waals surface area contributed by atoms with Gasteiger partial charge in [0.1, 0.15) is 0 Å². The molecule has 0 radical (unpaired) electrons. The third-order valence-electron chi connectivity index (χ3n) is 5.80. The van der Waals surface area contributed by atoms with Crippen molar-refractivity contribution in [3.63, 3.8) is 0 Å². The maximum absolute atomic E-state index is 6.01. The number of aromatic nitrogens is 1. The molecule has 5 nitrogen and oxygen atoms in total. The summed E-state index contributed by atoms with van der Waals surface area (Å²) in [5.74, 6) is 0.915. The summed E-state index contributed by atoms with van der Waals surface area (Å²) in [4.78, 5) is 10.3. The number of aliphatic imine (C=N–C) groups is 1. The Morgan fingerprint density at radius 3 is 2.77 bits per heavy atom. The van der Waals surface area contributed by atoms with Crippen LogP contribution < -0.4 is 10.6 Å². The number of aryl methyl sites for hydroxylation is 1. The molecule has 2 unspecified atom stereocenters. The van der Waals surface area contributed by atoms with Crippen molar-refractivity contribution in [1.82, 2.24) is 15.6 Å². The quantitative estimate of drug-likeness (QED) is 0.346. The molecule has 2 atom stereocenters. The second-order valence-corrected chi connectivity index (χ2v) is 8.34. The highest BCUT2D eigenvalue weighted by molar-refractivity contribution is 14.0. The van der Waals surface area contributed by atoms with E-state index in [4.69, 9.17) is 4.74 Å². The number of thiazole rings is 1. The number of hydrogen-bond donors (Lipinski definition) is 2. The molecule has 1 aromatic heterocycles. The Kier molecular flexibility index (Phi) is 8.60. The van der Waals surface area contributed by atoms with Crippen LogP contribution in [0.2, 0.25) is 0 Å². The first kappa shape index (κ1) is 21.9. The van der Waals surface area contributed by atoms with Gasteiger partial charge in [0.25, 0.3) is 0 Å². The highest BCUT2D eigenvalue weighted by Crippen LogP contribution is 2.54. The van der Waals surface area contributed by atoms with E-state index in [1.807, 2.05) is 24.6 Å². The van der Waals surface area contributed by atoms with Crippen molar-refractivity contribution in [3.05, 3.63) is 16.1 Å². The summed E-state index contributed by atoms with van der Waals surface area (Å²) in [6.07, 6.45) is 10.8. The Morgan fingerprint density at radius 1 is 1.38 bits per heavy atom. The minimum atomic E-state index is 0. The Hall–Kier alpha value is -0.410. The molecule has 0 aliphatic heterocycles. The molecule has 0 bridgehead atoms. The molecule has 1 heterocycles. The first-order valence-corrected chi connectivity index (χ1v) is 10.6. The predicted octanol–water partition coefficient (Wildman–Crippen LogP) is 3.77. The smallest absolute Gasteiger partial charge is 0.191 e. The zero-order valence-corrected chi connectivity index (χ0v) is 19.4. The minimum absolute atomic E-state index is 0. The van der Waals surface area contributed by atoms with Crippen molar-refractivity contribution in [1.29, 1.82) is 0 Å². The molecule has 2 N–H and O–H groups in total. The number of hydrogen-bond acceptors (Lipinski definition) is 4. The third kappa shape index (κ3) is 4.70. The molecule has 1 aromatic rings. The van der Waals surface area contributed by atoms with Gasteiger partial charge in [-0.3, -0.25) is 4.99 Å². The molecule has 0 amide bonds. The molecule has 3 rings (SSSR count). The molecule has 2 fully saturated rings. The maximum atomic E-state index is 6.01. The molecule has 0 aromatic carbocycles. The number of nitrogens with zero attached hydrogens (tertiary/aromatic N) is 2. The topological polar surface area (TPSA) is 58.5 Å². The average molecular weight is 492 g/mol. The van der Waals surface area contributed by atoms with Gasteiger partial charge in [-0.1, -0.05) is 19.8 Å². The molecule has 26 heavy (non-hydrogen) atoms. The van der Waals surface area contributed by atoms with E-state index in [0.29, 0.717) is 17.6 Å². The SMILES string of the molecule is CCOC1CC(NC(=NC)NCCc2ncc(CC)s2)C12CCCC2.I. The molecule has 7 heteroatoms. The molecule has 1 spiro atoms. The van der Waals surface area contributed by atoms with Gasteiger partial charge in [-0.25, -0.2) is 4.98 Å². The highest BCUT2D eigenvalue weighted by Gasteiger charge is 2.56. The van der Waals surface area contributed by atoms with Crippen LogP contribution in [0.3, 0.4) is 0 Å². The summed E-state index contributed by atoms with van der Waals surface area (Å²) in [5, 5.41) is 8.33. The van der Waals surface area contributed by atoms with E-state index in [9.17, 15) is 0 Å². The lowest BCUT2D eigenvalue weighted by Gasteiger charge is -2.54. The Balaban J connectivity index is 0.00000243. The van der Waals surface area contributed by atoms with Crippen LogP contribution in [0.5, 0.6) is 0 Å². The van der Waals surface area contributed by atoms with Gasteiger partial charge < -0.3 is 15.4 Å². The largest absolute Gasteiger partial charge is 0.378 e. The molecule has 2 aliphatic carbocycles. The monoisotopic (exact) mass is 492 g/mol. The number of rotatable bonds is 7. The van der Waals surface area contributed by atoms with E-state index in [2.05, 4.69) is 34.5 Å². The summed E-state index contributed by atoms with van der Waals surface area (Å²) in [6.45, 7) is 5.96. The maximum Gasteiger partial charge on any atom is 0.191 e. The summed E-state index contributed by atoms with van der Waals surface area (Å²) >= 11 is 1.81. The van der Waals surface area contributed by atoms with Gasteiger partial charge in [0.15, 0.2) is 5.96 Å². The summed E-state index contributed by atoms with van der Waals surface area (Å²) in [5.41, 5.74) is 0.332. The van der Waals surface area contributed by atoms with Crippen LogP contribution in [0.4, 0.5) is 0 Å². The number of guanidine groups is 1. The Morgan fingerprint density at radius 2 is 2.15 bits per heavy atom. The molecular weight excluding hydrogens is 459 g/mol. The minimum Gasteiger partial charge on any atom is -0.378 e. The second kappa shape index (κ2) is 10.2. The lowest BCUT2D eigenvalue weighted by Crippen LogP contribution is -2.65. The van der Waals surface area contributed by atoms with Crippen molar-refractivity contribution >= 4 is 41.3 Å². The fourth-order valence-electron chi connectivity index (χ4n) is 4.36. The fourth-order valence-corrected chi connectivity index (χ4v) is 5.23. The van der Waals surface area contributed by atoms with Gasteiger partial charge >= 0.3 is 0 Å². The molecule has 0 saturated heterocycles. The van der Waals surface area contributed by atoms with E-state index in [-0.39, 0.29) is 24.0 Å².